The zero-order chi connectivity index (χ0) is 19.6. The van der Waals surface area contributed by atoms with Crippen molar-refractivity contribution in [2.24, 2.45) is 0 Å². The maximum absolute atomic E-state index is 13.5. The number of carbonyl (C=O) groups is 2. The molecule has 6 nitrogen and oxygen atoms in total. The molecular formula is C16H21F3N2O4S. The number of aromatic nitrogens is 1. The molecule has 1 saturated carbocycles. The van der Waals surface area contributed by atoms with Crippen LogP contribution in [0, 0.1) is 6.92 Å². The molecule has 1 atom stereocenters. The number of carbonyl (C=O) groups excluding carboxylic acids is 2. The number of aliphatic hydroxyl groups is 1. The van der Waals surface area contributed by atoms with Gasteiger partial charge < -0.3 is 15.2 Å². The fourth-order valence-electron chi connectivity index (χ4n) is 3.12. The molecule has 1 aliphatic rings. The van der Waals surface area contributed by atoms with Gasteiger partial charge in [-0.15, -0.1) is 11.3 Å². The van der Waals surface area contributed by atoms with Crippen molar-refractivity contribution in [3.05, 3.63) is 16.1 Å². The molecule has 1 aromatic rings. The summed E-state index contributed by atoms with van der Waals surface area (Å²) >= 11 is 0.629. The van der Waals surface area contributed by atoms with Gasteiger partial charge in [0.15, 0.2) is 0 Å². The molecule has 0 spiro atoms. The average Bonchev–Trinajstić information content (AvgIpc) is 3.00. The van der Waals surface area contributed by atoms with Gasteiger partial charge in [0.25, 0.3) is 0 Å². The Balaban J connectivity index is 2.25. The molecule has 0 radical (unpaired) electrons. The van der Waals surface area contributed by atoms with Crippen molar-refractivity contribution in [3.8, 4) is 0 Å². The van der Waals surface area contributed by atoms with Crippen molar-refractivity contribution in [2.75, 3.05) is 7.11 Å². The Morgan fingerprint density at radius 1 is 1.35 bits per heavy atom. The average molecular weight is 394 g/mol. The van der Waals surface area contributed by atoms with Gasteiger partial charge in [0, 0.05) is 11.1 Å². The topological polar surface area (TPSA) is 88.5 Å². The van der Waals surface area contributed by atoms with Gasteiger partial charge in [0.1, 0.15) is 10.5 Å². The van der Waals surface area contributed by atoms with Gasteiger partial charge in [0.2, 0.25) is 11.5 Å². The fraction of sp³-hybridized carbons (Fsp3) is 0.688. The predicted molar refractivity (Wildman–Crippen MR) is 87.4 cm³/mol. The Hall–Kier alpha value is -1.68. The fourth-order valence-corrected chi connectivity index (χ4v) is 4.03. The molecule has 1 amide bonds. The number of hydrogen-bond donors (Lipinski definition) is 2. The quantitative estimate of drug-likeness (QED) is 0.750. The van der Waals surface area contributed by atoms with Gasteiger partial charge in [-0.1, -0.05) is 19.3 Å². The van der Waals surface area contributed by atoms with Crippen molar-refractivity contribution < 1.29 is 32.6 Å². The van der Waals surface area contributed by atoms with E-state index in [-0.39, 0.29) is 12.8 Å². The summed E-state index contributed by atoms with van der Waals surface area (Å²) in [4.78, 5) is 28.2. The number of nitrogens with zero attached hydrogens (tertiary/aromatic N) is 1. The first kappa shape index (κ1) is 20.6. The van der Waals surface area contributed by atoms with Gasteiger partial charge in [-0.05, 0) is 19.8 Å². The van der Waals surface area contributed by atoms with Gasteiger partial charge in [0.05, 0.1) is 13.5 Å². The van der Waals surface area contributed by atoms with Crippen LogP contribution < -0.4 is 5.32 Å². The minimum atomic E-state index is -5.10. The molecule has 26 heavy (non-hydrogen) atoms. The molecule has 10 heteroatoms. The highest BCUT2D eigenvalue weighted by atomic mass is 32.1. The molecule has 0 aliphatic heterocycles. The van der Waals surface area contributed by atoms with Crippen LogP contribution in [0.3, 0.4) is 0 Å². The third-order valence-corrected chi connectivity index (χ3v) is 5.63. The van der Waals surface area contributed by atoms with E-state index in [0.717, 1.165) is 13.5 Å². The monoisotopic (exact) mass is 394 g/mol. The molecule has 1 aliphatic carbocycles. The first-order valence-electron chi connectivity index (χ1n) is 8.15. The standard InChI is InChI=1S/C16H21F3N2O4S/c1-10-9-26-12(20-10)15(24,16(17,18)19)8-11(22)21-14(13(23)25-2)6-4-3-5-7-14/h9,24H,3-8H2,1-2H3,(H,21,22)/t15-/m1/s1. The zero-order valence-electron chi connectivity index (χ0n) is 14.5. The Morgan fingerprint density at radius 2 is 1.96 bits per heavy atom. The molecule has 0 aromatic carbocycles. The number of methoxy groups -OCH3 is 1. The lowest BCUT2D eigenvalue weighted by Gasteiger charge is -2.36. The summed E-state index contributed by atoms with van der Waals surface area (Å²) in [5, 5.41) is 13.4. The van der Waals surface area contributed by atoms with E-state index in [9.17, 15) is 27.9 Å². The summed E-state index contributed by atoms with van der Waals surface area (Å²) in [6.07, 6.45) is -3.66. The van der Waals surface area contributed by atoms with Crippen LogP contribution in [0.2, 0.25) is 0 Å². The summed E-state index contributed by atoms with van der Waals surface area (Å²) in [7, 11) is 1.16. The van der Waals surface area contributed by atoms with Crippen molar-refractivity contribution in [1.29, 1.82) is 0 Å². The van der Waals surface area contributed by atoms with Crippen molar-refractivity contribution in [2.45, 2.75) is 62.8 Å². The lowest BCUT2D eigenvalue weighted by atomic mass is 9.81. The van der Waals surface area contributed by atoms with Crippen LogP contribution in [0.25, 0.3) is 0 Å². The summed E-state index contributed by atoms with van der Waals surface area (Å²) < 4.78 is 45.2. The smallest absolute Gasteiger partial charge is 0.424 e. The lowest BCUT2D eigenvalue weighted by molar-refractivity contribution is -0.267. The normalized spacial score (nSPS) is 19.5. The highest BCUT2D eigenvalue weighted by Crippen LogP contribution is 2.43. The Labute approximate surface area is 152 Å². The molecule has 146 valence electrons. The number of halogens is 3. The second kappa shape index (κ2) is 7.51. The Morgan fingerprint density at radius 3 is 2.42 bits per heavy atom. The number of esters is 1. The Bertz CT molecular complexity index is 671. The SMILES string of the molecule is COC(=O)C1(NC(=O)C[C@@](O)(c2nc(C)cs2)C(F)(F)F)CCCCC1. The third kappa shape index (κ3) is 4.01. The Kier molecular flexibility index (Phi) is 5.96. The molecule has 1 fully saturated rings. The van der Waals surface area contributed by atoms with Crippen LogP contribution in [0.15, 0.2) is 5.38 Å². The van der Waals surface area contributed by atoms with Gasteiger partial charge in [-0.2, -0.15) is 13.2 Å². The molecule has 0 bridgehead atoms. The number of thiazole rings is 1. The van der Waals surface area contributed by atoms with E-state index in [1.165, 1.54) is 12.3 Å². The zero-order valence-corrected chi connectivity index (χ0v) is 15.3. The molecule has 1 heterocycles. The first-order valence-corrected chi connectivity index (χ1v) is 9.03. The maximum atomic E-state index is 13.5. The second-order valence-corrected chi connectivity index (χ2v) is 7.37. The molecule has 2 N–H and O–H groups in total. The maximum Gasteiger partial charge on any atom is 0.424 e. The largest absolute Gasteiger partial charge is 0.467 e. The van der Waals surface area contributed by atoms with Crippen LogP contribution in [-0.2, 0) is 19.9 Å². The molecule has 0 saturated heterocycles. The molecule has 2 rings (SSSR count). The minimum absolute atomic E-state index is 0.284. The van der Waals surface area contributed by atoms with Crippen LogP contribution in [0.4, 0.5) is 13.2 Å². The van der Waals surface area contributed by atoms with Crippen LogP contribution in [-0.4, -0.2) is 40.8 Å². The van der Waals surface area contributed by atoms with E-state index >= 15 is 0 Å². The molecule has 0 unspecified atom stereocenters. The number of hydrogen-bond acceptors (Lipinski definition) is 6. The van der Waals surface area contributed by atoms with E-state index in [4.69, 9.17) is 4.74 Å². The second-order valence-electron chi connectivity index (χ2n) is 6.51. The third-order valence-electron chi connectivity index (χ3n) is 4.52. The molecular weight excluding hydrogens is 373 g/mol. The van der Waals surface area contributed by atoms with Crippen molar-refractivity contribution in [3.63, 3.8) is 0 Å². The predicted octanol–water partition coefficient (Wildman–Crippen LogP) is 2.58. The van der Waals surface area contributed by atoms with Crippen LogP contribution in [0.5, 0.6) is 0 Å². The number of alkyl halides is 3. The van der Waals surface area contributed by atoms with Crippen molar-refractivity contribution >= 4 is 23.2 Å². The van der Waals surface area contributed by atoms with Gasteiger partial charge >= 0.3 is 12.1 Å². The van der Waals surface area contributed by atoms with E-state index in [0.29, 0.717) is 29.9 Å². The first-order chi connectivity index (χ1) is 12.0. The number of nitrogens with one attached hydrogen (secondary N) is 1. The molecule has 1 aromatic heterocycles. The van der Waals surface area contributed by atoms with E-state index < -0.39 is 40.6 Å². The van der Waals surface area contributed by atoms with Gasteiger partial charge in [-0.25, -0.2) is 9.78 Å². The number of rotatable bonds is 5. The van der Waals surface area contributed by atoms with Crippen LogP contribution in [0.1, 0.15) is 49.2 Å². The van der Waals surface area contributed by atoms with Crippen molar-refractivity contribution in [1.82, 2.24) is 10.3 Å². The number of aryl methyl sites for hydroxylation is 1. The number of ether oxygens (including phenoxy) is 1. The summed E-state index contributed by atoms with van der Waals surface area (Å²) in [6, 6.07) is 0. The highest BCUT2D eigenvalue weighted by Gasteiger charge is 2.58. The minimum Gasteiger partial charge on any atom is -0.467 e. The van der Waals surface area contributed by atoms with E-state index in [2.05, 4.69) is 10.3 Å². The highest BCUT2D eigenvalue weighted by molar-refractivity contribution is 7.09. The van der Waals surface area contributed by atoms with E-state index in [1.807, 2.05) is 0 Å². The number of amides is 1. The summed E-state index contributed by atoms with van der Waals surface area (Å²) in [6.45, 7) is 1.49. The summed E-state index contributed by atoms with van der Waals surface area (Å²) in [5.41, 5.74) is -4.46. The lowest BCUT2D eigenvalue weighted by Crippen LogP contribution is -2.58. The van der Waals surface area contributed by atoms with E-state index in [1.54, 1.807) is 0 Å². The van der Waals surface area contributed by atoms with Gasteiger partial charge in [-0.3, -0.25) is 4.79 Å². The van der Waals surface area contributed by atoms with Crippen LogP contribution >= 0.6 is 11.3 Å². The summed E-state index contributed by atoms with van der Waals surface area (Å²) in [5.74, 6) is -1.77.